The second kappa shape index (κ2) is 6.96. The summed E-state index contributed by atoms with van der Waals surface area (Å²) in [7, 11) is 1.99. The summed E-state index contributed by atoms with van der Waals surface area (Å²) in [5.41, 5.74) is 4.36. The summed E-state index contributed by atoms with van der Waals surface area (Å²) in [4.78, 5) is 17.6. The van der Waals surface area contributed by atoms with E-state index >= 15 is 0 Å². The van der Waals surface area contributed by atoms with Gasteiger partial charge in [0.1, 0.15) is 5.69 Å². The predicted octanol–water partition coefficient (Wildman–Crippen LogP) is 3.44. The molecular weight excluding hydrogens is 322 g/mol. The third-order valence-corrected chi connectivity index (χ3v) is 5.47. The Kier molecular flexibility index (Phi) is 4.51. The van der Waals surface area contributed by atoms with Crippen LogP contribution in [0.3, 0.4) is 0 Å². The van der Waals surface area contributed by atoms with Crippen LogP contribution in [0.2, 0.25) is 0 Å². The van der Waals surface area contributed by atoms with Crippen molar-refractivity contribution in [1.29, 1.82) is 0 Å². The molecule has 2 heterocycles. The maximum atomic E-state index is 13.2. The number of carbonyl (C=O) groups excluding carboxylic acids is 1. The normalized spacial score (nSPS) is 15.5. The van der Waals surface area contributed by atoms with E-state index in [1.54, 1.807) is 0 Å². The quantitative estimate of drug-likeness (QED) is 0.726. The Morgan fingerprint density at radius 1 is 0.923 bits per heavy atom. The van der Waals surface area contributed by atoms with Gasteiger partial charge in [-0.15, -0.1) is 0 Å². The van der Waals surface area contributed by atoms with Crippen LogP contribution < -0.4 is 0 Å². The average molecular weight is 347 g/mol. The van der Waals surface area contributed by atoms with Crippen molar-refractivity contribution >= 4 is 16.8 Å². The van der Waals surface area contributed by atoms with Gasteiger partial charge in [-0.05, 0) is 24.1 Å². The minimum atomic E-state index is 0.153. The predicted molar refractivity (Wildman–Crippen MR) is 105 cm³/mol. The first kappa shape index (κ1) is 16.9. The SMILES string of the molecule is Cc1c(C(=O)N2CCN(Cc3ccccc3)CC2)n(C)c2ccccc12. The number of nitrogens with zero attached hydrogens (tertiary/aromatic N) is 3. The van der Waals surface area contributed by atoms with Gasteiger partial charge in [-0.3, -0.25) is 9.69 Å². The molecule has 0 aliphatic carbocycles. The second-order valence-corrected chi connectivity index (χ2v) is 7.10. The van der Waals surface area contributed by atoms with Gasteiger partial charge in [-0.2, -0.15) is 0 Å². The summed E-state index contributed by atoms with van der Waals surface area (Å²) in [6.45, 7) is 6.42. The minimum absolute atomic E-state index is 0.153. The number of rotatable bonds is 3. The second-order valence-electron chi connectivity index (χ2n) is 7.10. The number of piperazine rings is 1. The van der Waals surface area contributed by atoms with E-state index in [0.29, 0.717) is 0 Å². The molecule has 1 aromatic heterocycles. The molecule has 0 bridgehead atoms. The third kappa shape index (κ3) is 3.01. The molecule has 0 atom stereocenters. The van der Waals surface area contributed by atoms with Gasteiger partial charge in [0.15, 0.2) is 0 Å². The van der Waals surface area contributed by atoms with E-state index in [1.165, 1.54) is 10.9 Å². The molecule has 0 spiro atoms. The molecule has 4 nitrogen and oxygen atoms in total. The molecule has 1 aliphatic heterocycles. The van der Waals surface area contributed by atoms with Crippen molar-refractivity contribution in [3.05, 3.63) is 71.4 Å². The van der Waals surface area contributed by atoms with E-state index in [1.807, 2.05) is 34.7 Å². The van der Waals surface area contributed by atoms with Gasteiger partial charge in [0, 0.05) is 50.7 Å². The standard InChI is InChI=1S/C22H25N3O/c1-17-19-10-6-7-11-20(19)23(2)21(17)22(26)25-14-12-24(13-15-25)16-18-8-4-3-5-9-18/h3-11H,12-16H2,1-2H3. The van der Waals surface area contributed by atoms with Crippen LogP contribution in [-0.2, 0) is 13.6 Å². The van der Waals surface area contributed by atoms with E-state index in [-0.39, 0.29) is 5.91 Å². The van der Waals surface area contributed by atoms with Crippen molar-refractivity contribution in [2.45, 2.75) is 13.5 Å². The van der Waals surface area contributed by atoms with Gasteiger partial charge < -0.3 is 9.47 Å². The molecule has 0 N–H and O–H groups in total. The smallest absolute Gasteiger partial charge is 0.270 e. The number of aryl methyl sites for hydroxylation is 2. The lowest BCUT2D eigenvalue weighted by Crippen LogP contribution is -2.48. The van der Waals surface area contributed by atoms with Crippen LogP contribution in [0.1, 0.15) is 21.6 Å². The van der Waals surface area contributed by atoms with Crippen molar-refractivity contribution in [3.63, 3.8) is 0 Å². The number of hydrogen-bond donors (Lipinski definition) is 0. The lowest BCUT2D eigenvalue weighted by Gasteiger charge is -2.35. The number of carbonyl (C=O) groups is 1. The van der Waals surface area contributed by atoms with Crippen molar-refractivity contribution < 1.29 is 4.79 Å². The highest BCUT2D eigenvalue weighted by molar-refractivity contribution is 6.01. The van der Waals surface area contributed by atoms with E-state index in [9.17, 15) is 4.79 Å². The van der Waals surface area contributed by atoms with Gasteiger partial charge >= 0.3 is 0 Å². The molecule has 0 unspecified atom stereocenters. The Hall–Kier alpha value is -2.59. The number of fused-ring (bicyclic) bond motifs is 1. The molecule has 4 rings (SSSR count). The summed E-state index contributed by atoms with van der Waals surface area (Å²) in [5, 5.41) is 1.17. The summed E-state index contributed by atoms with van der Waals surface area (Å²) < 4.78 is 2.04. The zero-order chi connectivity index (χ0) is 18.1. The number of amides is 1. The van der Waals surface area contributed by atoms with Gasteiger partial charge in [0.25, 0.3) is 5.91 Å². The van der Waals surface area contributed by atoms with E-state index in [2.05, 4.69) is 48.2 Å². The zero-order valence-electron chi connectivity index (χ0n) is 15.5. The first-order valence-electron chi connectivity index (χ1n) is 9.24. The molecule has 1 aliphatic rings. The highest BCUT2D eigenvalue weighted by atomic mass is 16.2. The molecule has 134 valence electrons. The number of para-hydroxylation sites is 1. The fourth-order valence-corrected chi connectivity index (χ4v) is 3.99. The number of hydrogen-bond acceptors (Lipinski definition) is 2. The number of benzene rings is 2. The van der Waals surface area contributed by atoms with Crippen LogP contribution in [0.25, 0.3) is 10.9 Å². The van der Waals surface area contributed by atoms with E-state index in [0.717, 1.165) is 49.5 Å². The fourth-order valence-electron chi connectivity index (χ4n) is 3.99. The number of aromatic nitrogens is 1. The summed E-state index contributed by atoms with van der Waals surface area (Å²) in [5.74, 6) is 0.153. The zero-order valence-corrected chi connectivity index (χ0v) is 15.5. The Morgan fingerprint density at radius 3 is 2.27 bits per heavy atom. The van der Waals surface area contributed by atoms with Crippen LogP contribution in [0.4, 0.5) is 0 Å². The molecule has 26 heavy (non-hydrogen) atoms. The lowest BCUT2D eigenvalue weighted by atomic mass is 10.1. The summed E-state index contributed by atoms with van der Waals surface area (Å²) in [6.07, 6.45) is 0. The average Bonchev–Trinajstić information content (AvgIpc) is 2.94. The van der Waals surface area contributed by atoms with Crippen molar-refractivity contribution in [3.8, 4) is 0 Å². The van der Waals surface area contributed by atoms with Crippen molar-refractivity contribution in [1.82, 2.24) is 14.4 Å². The van der Waals surface area contributed by atoms with Crippen LogP contribution in [0.5, 0.6) is 0 Å². The fraction of sp³-hybridized carbons (Fsp3) is 0.318. The maximum absolute atomic E-state index is 13.2. The van der Waals surface area contributed by atoms with Gasteiger partial charge in [0.2, 0.25) is 0 Å². The van der Waals surface area contributed by atoms with Gasteiger partial charge in [0.05, 0.1) is 0 Å². The summed E-state index contributed by atoms with van der Waals surface area (Å²) >= 11 is 0. The Morgan fingerprint density at radius 2 is 1.58 bits per heavy atom. The molecule has 0 saturated carbocycles. The van der Waals surface area contributed by atoms with E-state index < -0.39 is 0 Å². The third-order valence-electron chi connectivity index (χ3n) is 5.47. The molecular formula is C22H25N3O. The van der Waals surface area contributed by atoms with Crippen molar-refractivity contribution in [2.75, 3.05) is 26.2 Å². The van der Waals surface area contributed by atoms with E-state index in [4.69, 9.17) is 0 Å². The first-order valence-corrected chi connectivity index (χ1v) is 9.24. The molecule has 1 fully saturated rings. The van der Waals surface area contributed by atoms with Crippen LogP contribution in [-0.4, -0.2) is 46.5 Å². The molecule has 1 amide bonds. The molecule has 2 aromatic carbocycles. The molecule has 3 aromatic rings. The lowest BCUT2D eigenvalue weighted by molar-refractivity contribution is 0.0619. The highest BCUT2D eigenvalue weighted by Crippen LogP contribution is 2.25. The Balaban J connectivity index is 1.47. The Bertz CT molecular complexity index is 882. The summed E-state index contributed by atoms with van der Waals surface area (Å²) in [6, 6.07) is 18.8. The van der Waals surface area contributed by atoms with Crippen LogP contribution >= 0.6 is 0 Å². The minimum Gasteiger partial charge on any atom is -0.339 e. The largest absolute Gasteiger partial charge is 0.339 e. The molecule has 4 heteroatoms. The van der Waals surface area contributed by atoms with Crippen LogP contribution in [0.15, 0.2) is 54.6 Å². The monoisotopic (exact) mass is 347 g/mol. The molecule has 0 radical (unpaired) electrons. The first-order chi connectivity index (χ1) is 12.6. The van der Waals surface area contributed by atoms with Crippen molar-refractivity contribution in [2.24, 2.45) is 7.05 Å². The van der Waals surface area contributed by atoms with Gasteiger partial charge in [-0.25, -0.2) is 0 Å². The van der Waals surface area contributed by atoms with Crippen LogP contribution in [0, 0.1) is 6.92 Å². The highest BCUT2D eigenvalue weighted by Gasteiger charge is 2.26. The Labute approximate surface area is 154 Å². The molecule has 1 saturated heterocycles. The van der Waals surface area contributed by atoms with Gasteiger partial charge in [-0.1, -0.05) is 48.5 Å². The topological polar surface area (TPSA) is 28.5 Å². The maximum Gasteiger partial charge on any atom is 0.270 e.